The molecule has 0 aliphatic heterocycles. The van der Waals surface area contributed by atoms with E-state index in [1.165, 1.54) is 18.2 Å². The normalized spacial score (nSPS) is 23.9. The molecule has 2 aliphatic rings. The van der Waals surface area contributed by atoms with Gasteiger partial charge < -0.3 is 9.47 Å². The van der Waals surface area contributed by atoms with Gasteiger partial charge in [0.1, 0.15) is 0 Å². The van der Waals surface area contributed by atoms with E-state index in [0.29, 0.717) is 12.0 Å². The van der Waals surface area contributed by atoms with Crippen molar-refractivity contribution in [2.45, 2.75) is 35.8 Å². The van der Waals surface area contributed by atoms with Gasteiger partial charge in [0.05, 0.1) is 24.4 Å². The molecule has 28 heavy (non-hydrogen) atoms. The number of esters is 2. The molecule has 1 saturated carbocycles. The molecule has 0 heterocycles. The van der Waals surface area contributed by atoms with Crippen LogP contribution in [-0.4, -0.2) is 45.6 Å². The Morgan fingerprint density at radius 1 is 1.07 bits per heavy atom. The molecule has 2 aliphatic carbocycles. The Morgan fingerprint density at radius 3 is 2.25 bits per heavy atom. The molecule has 8 heteroatoms. The highest BCUT2D eigenvalue weighted by Gasteiger charge is 2.56. The fourth-order valence-electron chi connectivity index (χ4n) is 4.21. The highest BCUT2D eigenvalue weighted by atomic mass is 32.2. The molecular formula is C20H22O7S. The molecule has 150 valence electrons. The second-order valence-electron chi connectivity index (χ2n) is 7.17. The summed E-state index contributed by atoms with van der Waals surface area (Å²) in [6.07, 6.45) is 1.60. The Bertz CT molecular complexity index is 915. The first-order valence-corrected chi connectivity index (χ1v) is 10.5. The van der Waals surface area contributed by atoms with Crippen LogP contribution in [0.5, 0.6) is 0 Å². The molecule has 0 amide bonds. The van der Waals surface area contributed by atoms with Crippen molar-refractivity contribution in [3.8, 4) is 0 Å². The molecule has 0 N–H and O–H groups in total. The van der Waals surface area contributed by atoms with Gasteiger partial charge in [0.2, 0.25) is 0 Å². The predicted octanol–water partition coefficient (Wildman–Crippen LogP) is 1.86. The number of carbonyl (C=O) groups is 3. The Kier molecular flexibility index (Phi) is 5.43. The van der Waals surface area contributed by atoms with Crippen molar-refractivity contribution >= 4 is 27.6 Å². The van der Waals surface area contributed by atoms with E-state index >= 15 is 0 Å². The van der Waals surface area contributed by atoms with Crippen LogP contribution in [-0.2, 0) is 33.7 Å². The summed E-state index contributed by atoms with van der Waals surface area (Å²) in [6, 6.07) is 7.82. The molecule has 0 aromatic heterocycles. The third kappa shape index (κ3) is 3.26. The number of hydrogen-bond acceptors (Lipinski definition) is 7. The van der Waals surface area contributed by atoms with E-state index in [-0.39, 0.29) is 35.9 Å². The van der Waals surface area contributed by atoms with Gasteiger partial charge in [0.25, 0.3) is 0 Å². The van der Waals surface area contributed by atoms with Crippen LogP contribution in [0.25, 0.3) is 0 Å². The zero-order valence-electron chi connectivity index (χ0n) is 15.7. The van der Waals surface area contributed by atoms with Crippen LogP contribution in [0, 0.1) is 11.3 Å². The SMILES string of the molecule is COC(=O)C1(C(=O)OC)CC[C@H]2CC(=O)C=C2C(S(=O)(=O)c2ccccc2)C1. The largest absolute Gasteiger partial charge is 0.468 e. The van der Waals surface area contributed by atoms with Gasteiger partial charge in [-0.25, -0.2) is 8.42 Å². The smallest absolute Gasteiger partial charge is 0.323 e. The number of fused-ring (bicyclic) bond motifs is 1. The first-order valence-electron chi connectivity index (χ1n) is 8.96. The summed E-state index contributed by atoms with van der Waals surface area (Å²) >= 11 is 0. The number of rotatable bonds is 4. The highest BCUT2D eigenvalue weighted by Crippen LogP contribution is 2.47. The van der Waals surface area contributed by atoms with Gasteiger partial charge in [-0.1, -0.05) is 18.2 Å². The molecule has 1 aromatic carbocycles. The fraction of sp³-hybridized carbons (Fsp3) is 0.450. The maximum atomic E-state index is 13.4. The van der Waals surface area contributed by atoms with Crippen molar-refractivity contribution in [2.75, 3.05) is 14.2 Å². The number of hydrogen-bond donors (Lipinski definition) is 0. The summed E-state index contributed by atoms with van der Waals surface area (Å²) in [5.74, 6) is -2.11. The summed E-state index contributed by atoms with van der Waals surface area (Å²) < 4.78 is 36.6. The van der Waals surface area contributed by atoms with E-state index in [4.69, 9.17) is 9.47 Å². The molecule has 7 nitrogen and oxygen atoms in total. The van der Waals surface area contributed by atoms with Crippen LogP contribution < -0.4 is 0 Å². The van der Waals surface area contributed by atoms with E-state index in [1.54, 1.807) is 18.2 Å². The first-order chi connectivity index (χ1) is 13.3. The van der Waals surface area contributed by atoms with Gasteiger partial charge in [0.15, 0.2) is 21.0 Å². The molecule has 3 rings (SSSR count). The molecule has 0 radical (unpaired) electrons. The lowest BCUT2D eigenvalue weighted by atomic mass is 9.79. The average molecular weight is 406 g/mol. The lowest BCUT2D eigenvalue weighted by molar-refractivity contribution is -0.170. The van der Waals surface area contributed by atoms with Crippen LogP contribution in [0.2, 0.25) is 0 Å². The average Bonchev–Trinajstić information content (AvgIpc) is 2.99. The number of ether oxygens (including phenoxy) is 2. The highest BCUT2D eigenvalue weighted by molar-refractivity contribution is 7.92. The quantitative estimate of drug-likeness (QED) is 0.555. The lowest BCUT2D eigenvalue weighted by Crippen LogP contribution is -2.44. The van der Waals surface area contributed by atoms with Crippen molar-refractivity contribution in [2.24, 2.45) is 11.3 Å². The molecule has 1 unspecified atom stereocenters. The van der Waals surface area contributed by atoms with Crippen molar-refractivity contribution in [3.05, 3.63) is 42.0 Å². The van der Waals surface area contributed by atoms with Crippen molar-refractivity contribution in [1.29, 1.82) is 0 Å². The van der Waals surface area contributed by atoms with E-state index in [0.717, 1.165) is 14.2 Å². The van der Waals surface area contributed by atoms with Gasteiger partial charge in [-0.3, -0.25) is 14.4 Å². The number of methoxy groups -OCH3 is 2. The third-order valence-electron chi connectivity index (χ3n) is 5.67. The van der Waals surface area contributed by atoms with Gasteiger partial charge in [-0.2, -0.15) is 0 Å². The second kappa shape index (κ2) is 7.50. The molecule has 0 saturated heterocycles. The Balaban J connectivity index is 2.18. The van der Waals surface area contributed by atoms with Crippen LogP contribution in [0.1, 0.15) is 25.7 Å². The molecule has 2 atom stereocenters. The molecule has 1 fully saturated rings. The van der Waals surface area contributed by atoms with Gasteiger partial charge in [-0.05, 0) is 49.0 Å². The Morgan fingerprint density at radius 2 is 1.68 bits per heavy atom. The standard InChI is InChI=1S/C20H22O7S/c1-26-18(22)20(19(23)27-2)9-8-13-10-14(21)11-16(13)17(12-20)28(24,25)15-6-4-3-5-7-15/h3-7,11,13,17H,8-10,12H2,1-2H3/t13-,17?/m0/s1. The zero-order chi connectivity index (χ0) is 20.5. The maximum absolute atomic E-state index is 13.4. The van der Waals surface area contributed by atoms with Gasteiger partial charge in [-0.15, -0.1) is 0 Å². The van der Waals surface area contributed by atoms with E-state index in [2.05, 4.69) is 0 Å². The van der Waals surface area contributed by atoms with Gasteiger partial charge >= 0.3 is 11.9 Å². The summed E-state index contributed by atoms with van der Waals surface area (Å²) in [5.41, 5.74) is -1.27. The molecule has 1 aromatic rings. The summed E-state index contributed by atoms with van der Waals surface area (Å²) in [7, 11) is -1.64. The molecular weight excluding hydrogens is 384 g/mol. The van der Waals surface area contributed by atoms with Crippen molar-refractivity contribution < 1.29 is 32.3 Å². The summed E-state index contributed by atoms with van der Waals surface area (Å²) in [6.45, 7) is 0. The number of carbonyl (C=O) groups excluding carboxylic acids is 3. The lowest BCUT2D eigenvalue weighted by Gasteiger charge is -2.29. The number of benzene rings is 1. The van der Waals surface area contributed by atoms with E-state index in [9.17, 15) is 22.8 Å². The number of ketones is 1. The first kappa shape index (κ1) is 20.3. The summed E-state index contributed by atoms with van der Waals surface area (Å²) in [5, 5.41) is -1.19. The monoisotopic (exact) mass is 406 g/mol. The summed E-state index contributed by atoms with van der Waals surface area (Å²) in [4.78, 5) is 37.4. The third-order valence-corrected chi connectivity index (χ3v) is 7.79. The topological polar surface area (TPSA) is 104 Å². The molecule has 0 spiro atoms. The Labute approximate surface area is 163 Å². The zero-order valence-corrected chi connectivity index (χ0v) is 16.5. The van der Waals surface area contributed by atoms with Crippen molar-refractivity contribution in [3.63, 3.8) is 0 Å². The van der Waals surface area contributed by atoms with Gasteiger partial charge in [0, 0.05) is 6.42 Å². The van der Waals surface area contributed by atoms with Crippen LogP contribution in [0.15, 0.2) is 46.9 Å². The maximum Gasteiger partial charge on any atom is 0.323 e. The Hall–Kier alpha value is -2.48. The number of allylic oxidation sites excluding steroid dienone is 1. The predicted molar refractivity (Wildman–Crippen MR) is 98.9 cm³/mol. The van der Waals surface area contributed by atoms with Crippen LogP contribution >= 0.6 is 0 Å². The van der Waals surface area contributed by atoms with Crippen LogP contribution in [0.3, 0.4) is 0 Å². The fourth-order valence-corrected chi connectivity index (χ4v) is 6.20. The van der Waals surface area contributed by atoms with E-state index in [1.807, 2.05) is 0 Å². The number of sulfone groups is 1. The molecule has 0 bridgehead atoms. The minimum Gasteiger partial charge on any atom is -0.468 e. The minimum atomic E-state index is -3.95. The van der Waals surface area contributed by atoms with Crippen molar-refractivity contribution in [1.82, 2.24) is 0 Å². The van der Waals surface area contributed by atoms with Crippen LogP contribution in [0.4, 0.5) is 0 Å². The minimum absolute atomic E-state index is 0.0580. The van der Waals surface area contributed by atoms with E-state index < -0.39 is 32.4 Å². The second-order valence-corrected chi connectivity index (χ2v) is 9.30.